The molecule has 0 spiro atoms. The van der Waals surface area contributed by atoms with Gasteiger partial charge in [-0.3, -0.25) is 9.59 Å². The van der Waals surface area contributed by atoms with E-state index in [1.165, 1.54) is 13.5 Å². The van der Waals surface area contributed by atoms with Crippen molar-refractivity contribution < 1.29 is 14.3 Å². The molecule has 3 N–H and O–H groups in total. The number of anilines is 1. The van der Waals surface area contributed by atoms with E-state index < -0.39 is 0 Å². The molecule has 1 aliphatic heterocycles. The summed E-state index contributed by atoms with van der Waals surface area (Å²) >= 11 is 0. The Hall–Kier alpha value is -1.63. The standard InChI is InChI=1S/C19H29N3O3.ClH/c1-13-10-15(19(24)22-9-5-4-6-14(22)2)7-8-17(13)21-18(23)11-16(12-20)25-3;/h7-8,10,14,16H,4-6,9,11-12,20H2,1-3H3,(H,21,23);1H. The van der Waals surface area contributed by atoms with Crippen molar-refractivity contribution in [3.8, 4) is 0 Å². The zero-order valence-corrected chi connectivity index (χ0v) is 16.6. The van der Waals surface area contributed by atoms with Gasteiger partial charge in [0.05, 0.1) is 12.5 Å². The van der Waals surface area contributed by atoms with E-state index >= 15 is 0 Å². The Morgan fingerprint density at radius 2 is 2.12 bits per heavy atom. The van der Waals surface area contributed by atoms with E-state index in [-0.39, 0.29) is 42.8 Å². The third-order valence-electron chi connectivity index (χ3n) is 4.82. The second-order valence-electron chi connectivity index (χ2n) is 6.72. The van der Waals surface area contributed by atoms with Gasteiger partial charge in [0.25, 0.3) is 5.91 Å². The number of carbonyl (C=O) groups is 2. The van der Waals surface area contributed by atoms with Gasteiger partial charge in [0.1, 0.15) is 0 Å². The molecule has 6 nitrogen and oxygen atoms in total. The number of piperidine rings is 1. The molecule has 0 aromatic heterocycles. The number of aryl methyl sites for hydroxylation is 1. The van der Waals surface area contributed by atoms with Crippen molar-refractivity contribution in [2.75, 3.05) is 25.5 Å². The van der Waals surface area contributed by atoms with Crippen molar-refractivity contribution in [1.82, 2.24) is 4.90 Å². The predicted molar refractivity (Wildman–Crippen MR) is 106 cm³/mol. The molecule has 0 bridgehead atoms. The Bertz CT molecular complexity index is 620. The van der Waals surface area contributed by atoms with Gasteiger partial charge in [-0.2, -0.15) is 0 Å². The van der Waals surface area contributed by atoms with E-state index in [1.54, 1.807) is 12.1 Å². The molecule has 2 amide bonds. The number of nitrogens with two attached hydrogens (primary N) is 1. The zero-order valence-electron chi connectivity index (χ0n) is 15.8. The number of halogens is 1. The highest BCUT2D eigenvalue weighted by atomic mass is 35.5. The SMILES string of the molecule is COC(CN)CC(=O)Nc1ccc(C(=O)N2CCCCC2C)cc1C.Cl. The topological polar surface area (TPSA) is 84.7 Å². The lowest BCUT2D eigenvalue weighted by Gasteiger charge is -2.33. The van der Waals surface area contributed by atoms with Gasteiger partial charge in [-0.1, -0.05) is 0 Å². The molecule has 0 radical (unpaired) electrons. The summed E-state index contributed by atoms with van der Waals surface area (Å²) in [6, 6.07) is 5.70. The number of ether oxygens (including phenoxy) is 1. The van der Waals surface area contributed by atoms with Crippen LogP contribution in [0.5, 0.6) is 0 Å². The van der Waals surface area contributed by atoms with E-state index in [1.807, 2.05) is 17.9 Å². The van der Waals surface area contributed by atoms with Crippen LogP contribution < -0.4 is 11.1 Å². The number of carbonyl (C=O) groups excluding carboxylic acids is 2. The molecule has 2 rings (SSSR count). The molecule has 146 valence electrons. The number of nitrogens with one attached hydrogen (secondary N) is 1. The maximum absolute atomic E-state index is 12.7. The van der Waals surface area contributed by atoms with Crippen molar-refractivity contribution in [1.29, 1.82) is 0 Å². The minimum atomic E-state index is -0.290. The second-order valence-corrected chi connectivity index (χ2v) is 6.72. The van der Waals surface area contributed by atoms with Gasteiger partial charge in [-0.25, -0.2) is 0 Å². The zero-order chi connectivity index (χ0) is 18.4. The third kappa shape index (κ3) is 5.69. The Kier molecular flexibility index (Phi) is 9.05. The van der Waals surface area contributed by atoms with Gasteiger partial charge in [0.15, 0.2) is 0 Å². The number of hydrogen-bond acceptors (Lipinski definition) is 4. The number of amides is 2. The Balaban J connectivity index is 0.00000338. The van der Waals surface area contributed by atoms with Gasteiger partial charge in [0.2, 0.25) is 5.91 Å². The minimum Gasteiger partial charge on any atom is -0.380 e. The molecule has 1 fully saturated rings. The highest BCUT2D eigenvalue weighted by molar-refractivity contribution is 5.96. The van der Waals surface area contributed by atoms with Crippen LogP contribution in [0.25, 0.3) is 0 Å². The number of likely N-dealkylation sites (tertiary alicyclic amines) is 1. The first-order valence-corrected chi connectivity index (χ1v) is 8.90. The van der Waals surface area contributed by atoms with E-state index in [4.69, 9.17) is 10.5 Å². The molecule has 1 heterocycles. The molecule has 0 aliphatic carbocycles. The van der Waals surface area contributed by atoms with Gasteiger partial charge in [0, 0.05) is 37.5 Å². The molecule has 26 heavy (non-hydrogen) atoms. The highest BCUT2D eigenvalue weighted by Crippen LogP contribution is 2.22. The van der Waals surface area contributed by atoms with Gasteiger partial charge < -0.3 is 20.7 Å². The smallest absolute Gasteiger partial charge is 0.254 e. The van der Waals surface area contributed by atoms with Crippen molar-refractivity contribution in [3.63, 3.8) is 0 Å². The number of nitrogens with zero attached hydrogens (tertiary/aromatic N) is 1. The Morgan fingerprint density at radius 3 is 2.69 bits per heavy atom. The van der Waals surface area contributed by atoms with Crippen molar-refractivity contribution in [3.05, 3.63) is 29.3 Å². The van der Waals surface area contributed by atoms with E-state index in [0.717, 1.165) is 24.9 Å². The number of methoxy groups -OCH3 is 1. The summed E-state index contributed by atoms with van der Waals surface area (Å²) in [5.41, 5.74) is 7.79. The normalized spacial score (nSPS) is 18.0. The van der Waals surface area contributed by atoms with Crippen LogP contribution in [0.4, 0.5) is 5.69 Å². The molecule has 2 atom stereocenters. The van der Waals surface area contributed by atoms with E-state index in [9.17, 15) is 9.59 Å². The van der Waals surface area contributed by atoms with Crippen molar-refractivity contribution in [2.24, 2.45) is 5.73 Å². The molecule has 1 aliphatic rings. The number of rotatable bonds is 6. The third-order valence-corrected chi connectivity index (χ3v) is 4.82. The Labute approximate surface area is 161 Å². The summed E-state index contributed by atoms with van der Waals surface area (Å²) in [5, 5.41) is 2.86. The van der Waals surface area contributed by atoms with E-state index in [2.05, 4.69) is 12.2 Å². The fraction of sp³-hybridized carbons (Fsp3) is 0.579. The largest absolute Gasteiger partial charge is 0.380 e. The molecule has 2 unspecified atom stereocenters. The maximum atomic E-state index is 12.7. The summed E-state index contributed by atoms with van der Waals surface area (Å²) in [5.74, 6) is -0.0834. The lowest BCUT2D eigenvalue weighted by atomic mass is 10.0. The lowest BCUT2D eigenvalue weighted by Crippen LogP contribution is -2.42. The maximum Gasteiger partial charge on any atom is 0.254 e. The number of benzene rings is 1. The summed E-state index contributed by atoms with van der Waals surface area (Å²) in [6.45, 7) is 5.10. The average Bonchev–Trinajstić information content (AvgIpc) is 2.61. The fourth-order valence-electron chi connectivity index (χ4n) is 3.17. The minimum absolute atomic E-state index is 0. The van der Waals surface area contributed by atoms with Crippen molar-refractivity contribution >= 4 is 29.9 Å². The second kappa shape index (κ2) is 10.5. The van der Waals surface area contributed by atoms with Crippen LogP contribution in [0, 0.1) is 6.92 Å². The Morgan fingerprint density at radius 1 is 1.38 bits per heavy atom. The lowest BCUT2D eigenvalue weighted by molar-refractivity contribution is -0.118. The van der Waals surface area contributed by atoms with Crippen LogP contribution >= 0.6 is 12.4 Å². The van der Waals surface area contributed by atoms with Crippen LogP contribution in [0.1, 0.15) is 48.5 Å². The van der Waals surface area contributed by atoms with Crippen LogP contribution in [0.2, 0.25) is 0 Å². The monoisotopic (exact) mass is 383 g/mol. The number of hydrogen-bond donors (Lipinski definition) is 2. The predicted octanol–water partition coefficient (Wildman–Crippen LogP) is 2.73. The summed E-state index contributed by atoms with van der Waals surface area (Å²) < 4.78 is 5.13. The van der Waals surface area contributed by atoms with Crippen LogP contribution in [0.3, 0.4) is 0 Å². The molecule has 7 heteroatoms. The first-order chi connectivity index (χ1) is 12.0. The van der Waals surface area contributed by atoms with Gasteiger partial charge in [-0.05, 0) is 56.9 Å². The van der Waals surface area contributed by atoms with Gasteiger partial charge in [-0.15, -0.1) is 12.4 Å². The molecule has 0 saturated carbocycles. The average molecular weight is 384 g/mol. The molecular weight excluding hydrogens is 354 g/mol. The quantitative estimate of drug-likeness (QED) is 0.790. The fourth-order valence-corrected chi connectivity index (χ4v) is 3.17. The van der Waals surface area contributed by atoms with Crippen LogP contribution in [-0.2, 0) is 9.53 Å². The first kappa shape index (κ1) is 22.4. The van der Waals surface area contributed by atoms with E-state index in [0.29, 0.717) is 17.8 Å². The van der Waals surface area contributed by atoms with Crippen LogP contribution in [-0.4, -0.2) is 49.1 Å². The van der Waals surface area contributed by atoms with Gasteiger partial charge >= 0.3 is 0 Å². The molecule has 1 aromatic rings. The molecular formula is C19H30ClN3O3. The summed E-state index contributed by atoms with van der Waals surface area (Å²) in [7, 11) is 1.54. The van der Waals surface area contributed by atoms with Crippen LogP contribution in [0.15, 0.2) is 18.2 Å². The molecule has 1 aromatic carbocycles. The molecule has 1 saturated heterocycles. The summed E-state index contributed by atoms with van der Waals surface area (Å²) in [6.07, 6.45) is 3.21. The van der Waals surface area contributed by atoms with Crippen molar-refractivity contribution in [2.45, 2.75) is 51.7 Å². The summed E-state index contributed by atoms with van der Waals surface area (Å²) in [4.78, 5) is 26.8. The highest BCUT2D eigenvalue weighted by Gasteiger charge is 2.24. The first-order valence-electron chi connectivity index (χ1n) is 8.90.